The standard InChI is InChI=1S/C19H23N3O/c1-13-18(14(2)23-21-13)12-22-9-7-15(8-10-22)17-11-20-19-6-4-3-5-16(17)19/h3-6,11,15,20H,7-10,12H2,1-2H3. The summed E-state index contributed by atoms with van der Waals surface area (Å²) in [4.78, 5) is 5.94. The summed E-state index contributed by atoms with van der Waals surface area (Å²) in [5.41, 5.74) is 5.02. The van der Waals surface area contributed by atoms with Crippen molar-refractivity contribution in [1.29, 1.82) is 0 Å². The second-order valence-corrected chi connectivity index (χ2v) is 6.64. The van der Waals surface area contributed by atoms with E-state index in [0.717, 1.165) is 31.1 Å². The van der Waals surface area contributed by atoms with Gasteiger partial charge in [-0.1, -0.05) is 23.4 Å². The highest BCUT2D eigenvalue weighted by molar-refractivity contribution is 5.83. The van der Waals surface area contributed by atoms with Gasteiger partial charge in [0.05, 0.1) is 5.69 Å². The van der Waals surface area contributed by atoms with Crippen LogP contribution in [0.25, 0.3) is 10.9 Å². The average Bonchev–Trinajstić information content (AvgIpc) is 3.14. The normalized spacial score (nSPS) is 17.1. The summed E-state index contributed by atoms with van der Waals surface area (Å²) in [6, 6.07) is 8.61. The van der Waals surface area contributed by atoms with Crippen LogP contribution in [0.5, 0.6) is 0 Å². The van der Waals surface area contributed by atoms with Gasteiger partial charge in [-0.25, -0.2) is 0 Å². The molecular weight excluding hydrogens is 286 g/mol. The highest BCUT2D eigenvalue weighted by Gasteiger charge is 2.24. The minimum atomic E-state index is 0.659. The molecule has 1 N–H and O–H groups in total. The van der Waals surface area contributed by atoms with Gasteiger partial charge in [0.2, 0.25) is 0 Å². The summed E-state index contributed by atoms with van der Waals surface area (Å²) in [6.07, 6.45) is 4.63. The number of rotatable bonds is 3. The van der Waals surface area contributed by atoms with Crippen LogP contribution in [-0.4, -0.2) is 28.1 Å². The zero-order valence-electron chi connectivity index (χ0n) is 13.8. The number of fused-ring (bicyclic) bond motifs is 1. The summed E-state index contributed by atoms with van der Waals surface area (Å²) in [5.74, 6) is 1.62. The number of para-hydroxylation sites is 1. The molecule has 1 fully saturated rings. The molecule has 2 aromatic heterocycles. The molecule has 0 aliphatic carbocycles. The third kappa shape index (κ3) is 2.68. The first-order chi connectivity index (χ1) is 11.2. The summed E-state index contributed by atoms with van der Waals surface area (Å²) < 4.78 is 5.28. The maximum absolute atomic E-state index is 5.28. The number of hydrogen-bond donors (Lipinski definition) is 1. The average molecular weight is 309 g/mol. The molecule has 0 unspecified atom stereocenters. The van der Waals surface area contributed by atoms with Crippen molar-refractivity contribution in [3.05, 3.63) is 53.0 Å². The maximum atomic E-state index is 5.28. The molecule has 23 heavy (non-hydrogen) atoms. The Bertz CT molecular complexity index is 789. The van der Waals surface area contributed by atoms with Crippen LogP contribution in [0.3, 0.4) is 0 Å². The van der Waals surface area contributed by atoms with E-state index in [4.69, 9.17) is 4.52 Å². The summed E-state index contributed by atoms with van der Waals surface area (Å²) in [5, 5.41) is 5.45. The van der Waals surface area contributed by atoms with Crippen LogP contribution >= 0.6 is 0 Å². The molecule has 4 nitrogen and oxygen atoms in total. The van der Waals surface area contributed by atoms with E-state index in [0.29, 0.717) is 5.92 Å². The third-order valence-electron chi connectivity index (χ3n) is 5.21. The number of aryl methyl sites for hydroxylation is 2. The minimum Gasteiger partial charge on any atom is -0.361 e. The van der Waals surface area contributed by atoms with Crippen molar-refractivity contribution < 1.29 is 4.52 Å². The SMILES string of the molecule is Cc1noc(C)c1CN1CCC(c2c[nH]c3ccccc23)CC1. The Labute approximate surface area is 136 Å². The highest BCUT2D eigenvalue weighted by atomic mass is 16.5. The third-order valence-corrected chi connectivity index (χ3v) is 5.21. The zero-order chi connectivity index (χ0) is 15.8. The van der Waals surface area contributed by atoms with Gasteiger partial charge in [-0.05, 0) is 57.3 Å². The molecule has 1 aliphatic heterocycles. The van der Waals surface area contributed by atoms with Crippen molar-refractivity contribution >= 4 is 10.9 Å². The lowest BCUT2D eigenvalue weighted by atomic mass is 9.89. The Morgan fingerprint density at radius 2 is 2.00 bits per heavy atom. The highest BCUT2D eigenvalue weighted by Crippen LogP contribution is 2.33. The van der Waals surface area contributed by atoms with Gasteiger partial charge in [0.1, 0.15) is 5.76 Å². The van der Waals surface area contributed by atoms with E-state index >= 15 is 0 Å². The van der Waals surface area contributed by atoms with Crippen molar-refractivity contribution in [2.24, 2.45) is 0 Å². The van der Waals surface area contributed by atoms with Gasteiger partial charge in [0.25, 0.3) is 0 Å². The van der Waals surface area contributed by atoms with Crippen LogP contribution in [0.1, 0.15) is 41.3 Å². The van der Waals surface area contributed by atoms with Gasteiger partial charge in [0, 0.05) is 29.2 Å². The lowest BCUT2D eigenvalue weighted by molar-refractivity contribution is 0.204. The number of benzene rings is 1. The van der Waals surface area contributed by atoms with E-state index in [2.05, 4.69) is 45.5 Å². The Morgan fingerprint density at radius 3 is 2.74 bits per heavy atom. The molecule has 0 spiro atoms. The number of likely N-dealkylation sites (tertiary alicyclic amines) is 1. The molecular formula is C19H23N3O. The van der Waals surface area contributed by atoms with Gasteiger partial charge in [-0.15, -0.1) is 0 Å². The molecule has 1 saturated heterocycles. The minimum absolute atomic E-state index is 0.659. The van der Waals surface area contributed by atoms with Crippen molar-refractivity contribution in [2.75, 3.05) is 13.1 Å². The summed E-state index contributed by atoms with van der Waals surface area (Å²) >= 11 is 0. The Kier molecular flexibility index (Phi) is 3.69. The van der Waals surface area contributed by atoms with Crippen LogP contribution in [0.15, 0.2) is 35.0 Å². The van der Waals surface area contributed by atoms with E-state index < -0.39 is 0 Å². The molecule has 0 saturated carbocycles. The van der Waals surface area contributed by atoms with Gasteiger partial charge in [-0.3, -0.25) is 4.90 Å². The Morgan fingerprint density at radius 1 is 1.22 bits per heavy atom. The van der Waals surface area contributed by atoms with Crippen molar-refractivity contribution in [1.82, 2.24) is 15.0 Å². The maximum Gasteiger partial charge on any atom is 0.138 e. The molecule has 120 valence electrons. The number of aromatic amines is 1. The number of nitrogens with one attached hydrogen (secondary N) is 1. The van der Waals surface area contributed by atoms with E-state index in [1.54, 1.807) is 0 Å². The van der Waals surface area contributed by atoms with Crippen LogP contribution in [-0.2, 0) is 6.54 Å². The number of H-pyrrole nitrogens is 1. The first kappa shape index (κ1) is 14.5. The first-order valence-electron chi connectivity index (χ1n) is 8.42. The number of nitrogens with zero attached hydrogens (tertiary/aromatic N) is 2. The topological polar surface area (TPSA) is 45.1 Å². The zero-order valence-corrected chi connectivity index (χ0v) is 13.8. The molecule has 1 aromatic carbocycles. The van der Waals surface area contributed by atoms with E-state index in [1.807, 2.05) is 13.8 Å². The fraction of sp³-hybridized carbons (Fsp3) is 0.421. The number of piperidine rings is 1. The summed E-state index contributed by atoms with van der Waals surface area (Å²) in [6.45, 7) is 7.27. The van der Waals surface area contributed by atoms with Crippen LogP contribution in [0, 0.1) is 13.8 Å². The van der Waals surface area contributed by atoms with Crippen molar-refractivity contribution in [3.8, 4) is 0 Å². The lowest BCUT2D eigenvalue weighted by Gasteiger charge is -2.31. The van der Waals surface area contributed by atoms with Gasteiger partial charge in [0.15, 0.2) is 0 Å². The van der Waals surface area contributed by atoms with Gasteiger partial charge in [-0.2, -0.15) is 0 Å². The van der Waals surface area contributed by atoms with Gasteiger partial charge >= 0.3 is 0 Å². The van der Waals surface area contributed by atoms with E-state index in [1.165, 1.54) is 34.9 Å². The molecule has 3 aromatic rings. The van der Waals surface area contributed by atoms with E-state index in [9.17, 15) is 0 Å². The van der Waals surface area contributed by atoms with Crippen LogP contribution in [0.2, 0.25) is 0 Å². The summed E-state index contributed by atoms with van der Waals surface area (Å²) in [7, 11) is 0. The number of hydrogen-bond acceptors (Lipinski definition) is 3. The molecule has 4 rings (SSSR count). The van der Waals surface area contributed by atoms with E-state index in [-0.39, 0.29) is 0 Å². The predicted octanol–water partition coefficient (Wildman–Crippen LogP) is 4.15. The quantitative estimate of drug-likeness (QED) is 0.790. The molecule has 1 aliphatic rings. The largest absolute Gasteiger partial charge is 0.361 e. The van der Waals surface area contributed by atoms with Crippen LogP contribution in [0.4, 0.5) is 0 Å². The fourth-order valence-electron chi connectivity index (χ4n) is 3.79. The molecule has 4 heteroatoms. The molecule has 0 atom stereocenters. The first-order valence-corrected chi connectivity index (χ1v) is 8.42. The second kappa shape index (κ2) is 5.85. The monoisotopic (exact) mass is 309 g/mol. The lowest BCUT2D eigenvalue weighted by Crippen LogP contribution is -2.32. The van der Waals surface area contributed by atoms with Gasteiger partial charge < -0.3 is 9.51 Å². The molecule has 0 amide bonds. The van der Waals surface area contributed by atoms with Crippen LogP contribution < -0.4 is 0 Å². The van der Waals surface area contributed by atoms with Crippen molar-refractivity contribution in [2.45, 2.75) is 39.2 Å². The van der Waals surface area contributed by atoms with Crippen molar-refractivity contribution in [3.63, 3.8) is 0 Å². The Hall–Kier alpha value is -2.07. The predicted molar refractivity (Wildman–Crippen MR) is 91.5 cm³/mol. The smallest absolute Gasteiger partial charge is 0.138 e. The fourth-order valence-corrected chi connectivity index (χ4v) is 3.79. The molecule has 3 heterocycles. The number of aromatic nitrogens is 2. The second-order valence-electron chi connectivity index (χ2n) is 6.64. The molecule has 0 bridgehead atoms. The Balaban J connectivity index is 1.45. The molecule has 0 radical (unpaired) electrons.